The number of carbonyl (C=O) groups excluding carboxylic acids is 1. The van der Waals surface area contributed by atoms with E-state index in [0.717, 1.165) is 19.3 Å². The zero-order chi connectivity index (χ0) is 13.6. The number of ketones is 1. The van der Waals surface area contributed by atoms with Crippen LogP contribution in [0.5, 0.6) is 0 Å². The first-order valence-corrected chi connectivity index (χ1v) is 6.68. The summed E-state index contributed by atoms with van der Waals surface area (Å²) in [5.74, 6) is -0.0688. The fraction of sp³-hybridized carbons (Fsp3) is 0.733. The smallest absolute Gasteiger partial charge is 0.226 e. The molecule has 98 valence electrons. The average Bonchev–Trinajstić information content (AvgIpc) is 2.35. The highest BCUT2D eigenvalue weighted by atomic mass is 16.5. The fourth-order valence-corrected chi connectivity index (χ4v) is 3.41. The summed E-state index contributed by atoms with van der Waals surface area (Å²) in [6, 6.07) is 0. The highest BCUT2D eigenvalue weighted by Gasteiger charge is 2.55. The van der Waals surface area contributed by atoms with Gasteiger partial charge in [-0.25, -0.2) is 4.85 Å². The number of hydrogen-bond acceptors (Lipinski definition) is 2. The van der Waals surface area contributed by atoms with E-state index in [1.807, 2.05) is 19.9 Å². The molecular weight excluding hydrogens is 226 g/mol. The first-order valence-electron chi connectivity index (χ1n) is 6.68. The first kappa shape index (κ1) is 13.3. The van der Waals surface area contributed by atoms with Crippen LogP contribution in [0.25, 0.3) is 4.85 Å². The maximum absolute atomic E-state index is 12.3. The molecule has 3 nitrogen and oxygen atoms in total. The molecule has 1 fully saturated rings. The number of ether oxygens (including phenoxy) is 1. The molecule has 0 aromatic rings. The van der Waals surface area contributed by atoms with E-state index >= 15 is 0 Å². The second kappa shape index (κ2) is 4.20. The van der Waals surface area contributed by atoms with Crippen molar-refractivity contribution >= 4 is 5.78 Å². The predicted molar refractivity (Wildman–Crippen MR) is 69.8 cm³/mol. The minimum absolute atomic E-state index is 0.0688. The standard InChI is InChI=1S/C15H21NO2/c1-6-15-8-7-10(2)18-13(15)14(3,4)12(17)11(9-15)16-5/h9-10,13H,6-8H2,1-4H3/t10-,13+,15+/m0/s1. The Kier molecular flexibility index (Phi) is 3.11. The Bertz CT molecular complexity index is 444. The van der Waals surface area contributed by atoms with E-state index in [1.165, 1.54) is 0 Å². The molecule has 1 aliphatic carbocycles. The van der Waals surface area contributed by atoms with Crippen molar-refractivity contribution in [2.45, 2.75) is 59.2 Å². The van der Waals surface area contributed by atoms with Gasteiger partial charge in [0.2, 0.25) is 5.70 Å². The predicted octanol–water partition coefficient (Wildman–Crippen LogP) is 3.36. The molecule has 0 N–H and O–H groups in total. The minimum atomic E-state index is -0.598. The van der Waals surface area contributed by atoms with Crippen molar-refractivity contribution < 1.29 is 9.53 Å². The van der Waals surface area contributed by atoms with Gasteiger partial charge in [-0.2, -0.15) is 0 Å². The normalized spacial score (nSPS) is 38.6. The molecule has 0 spiro atoms. The van der Waals surface area contributed by atoms with Crippen molar-refractivity contribution in [1.29, 1.82) is 0 Å². The van der Waals surface area contributed by atoms with Crippen LogP contribution in [0.3, 0.4) is 0 Å². The van der Waals surface area contributed by atoms with E-state index in [9.17, 15) is 4.79 Å². The molecule has 2 rings (SSSR count). The van der Waals surface area contributed by atoms with Gasteiger partial charge < -0.3 is 9.53 Å². The van der Waals surface area contributed by atoms with Crippen LogP contribution in [-0.4, -0.2) is 18.0 Å². The number of fused-ring (bicyclic) bond motifs is 1. The van der Waals surface area contributed by atoms with Gasteiger partial charge in [-0.1, -0.05) is 26.8 Å². The minimum Gasteiger partial charge on any atom is -0.373 e. The van der Waals surface area contributed by atoms with Crippen LogP contribution in [0.2, 0.25) is 0 Å². The van der Waals surface area contributed by atoms with Crippen molar-refractivity contribution in [3.05, 3.63) is 23.2 Å². The van der Waals surface area contributed by atoms with E-state index in [2.05, 4.69) is 18.7 Å². The number of Topliss-reactive ketones (excluding diaryl/α,β-unsaturated/α-hetero) is 1. The molecule has 0 saturated carbocycles. The van der Waals surface area contributed by atoms with Gasteiger partial charge in [0, 0.05) is 10.8 Å². The van der Waals surface area contributed by atoms with Crippen molar-refractivity contribution in [1.82, 2.24) is 0 Å². The topological polar surface area (TPSA) is 30.7 Å². The van der Waals surface area contributed by atoms with E-state index in [4.69, 9.17) is 11.3 Å². The number of hydrogen-bond donors (Lipinski definition) is 0. The Morgan fingerprint density at radius 2 is 2.22 bits per heavy atom. The summed E-state index contributed by atoms with van der Waals surface area (Å²) in [6.07, 6.45) is 4.91. The Balaban J connectivity index is 2.55. The SMILES string of the molecule is [C-]#[N+]C1=C[C@@]2(CC)CC[C@H](C)O[C@@H]2C(C)(C)C1=O. The molecule has 0 aromatic heterocycles. The third kappa shape index (κ3) is 1.71. The molecule has 18 heavy (non-hydrogen) atoms. The quantitative estimate of drug-likeness (QED) is 0.665. The van der Waals surface area contributed by atoms with Gasteiger partial charge in [0.15, 0.2) is 5.78 Å². The maximum atomic E-state index is 12.3. The molecule has 2 aliphatic rings. The summed E-state index contributed by atoms with van der Waals surface area (Å²) in [6.45, 7) is 15.2. The molecule has 0 aromatic carbocycles. The Morgan fingerprint density at radius 1 is 1.56 bits per heavy atom. The third-order valence-corrected chi connectivity index (χ3v) is 4.58. The third-order valence-electron chi connectivity index (χ3n) is 4.58. The van der Waals surface area contributed by atoms with E-state index in [1.54, 1.807) is 0 Å². The maximum Gasteiger partial charge on any atom is 0.226 e. The number of carbonyl (C=O) groups is 1. The largest absolute Gasteiger partial charge is 0.373 e. The number of nitrogens with zero attached hydrogens (tertiary/aromatic N) is 1. The second-order valence-corrected chi connectivity index (χ2v) is 6.14. The zero-order valence-corrected chi connectivity index (χ0v) is 11.6. The zero-order valence-electron chi connectivity index (χ0n) is 11.6. The van der Waals surface area contributed by atoms with Crippen LogP contribution in [-0.2, 0) is 9.53 Å². The molecule has 1 aliphatic heterocycles. The van der Waals surface area contributed by atoms with Crippen molar-refractivity contribution in [2.75, 3.05) is 0 Å². The van der Waals surface area contributed by atoms with Gasteiger partial charge in [0.25, 0.3) is 0 Å². The Morgan fingerprint density at radius 3 is 2.78 bits per heavy atom. The van der Waals surface area contributed by atoms with Gasteiger partial charge in [-0.15, -0.1) is 0 Å². The van der Waals surface area contributed by atoms with Crippen molar-refractivity contribution in [3.8, 4) is 0 Å². The first-order chi connectivity index (χ1) is 8.37. The van der Waals surface area contributed by atoms with Crippen molar-refractivity contribution in [2.24, 2.45) is 10.8 Å². The summed E-state index contributed by atoms with van der Waals surface area (Å²) in [7, 11) is 0. The van der Waals surface area contributed by atoms with Crippen LogP contribution in [0.4, 0.5) is 0 Å². The summed E-state index contributed by atoms with van der Waals surface area (Å²) < 4.78 is 6.09. The van der Waals surface area contributed by atoms with Gasteiger partial charge in [0.05, 0.1) is 18.8 Å². The Hall–Kier alpha value is -1.14. The highest BCUT2D eigenvalue weighted by molar-refractivity contribution is 6.02. The lowest BCUT2D eigenvalue weighted by Crippen LogP contribution is -2.56. The van der Waals surface area contributed by atoms with Crippen molar-refractivity contribution in [3.63, 3.8) is 0 Å². The van der Waals surface area contributed by atoms with Gasteiger partial charge >= 0.3 is 0 Å². The Labute approximate surface area is 109 Å². The van der Waals surface area contributed by atoms with Crippen LogP contribution < -0.4 is 0 Å². The van der Waals surface area contributed by atoms with Gasteiger partial charge in [-0.05, 0) is 26.2 Å². The molecule has 3 atom stereocenters. The van der Waals surface area contributed by atoms with Crippen LogP contribution >= 0.6 is 0 Å². The van der Waals surface area contributed by atoms with E-state index in [0.29, 0.717) is 5.70 Å². The molecular formula is C15H21NO2. The van der Waals surface area contributed by atoms with Gasteiger partial charge in [0.1, 0.15) is 0 Å². The van der Waals surface area contributed by atoms with Gasteiger partial charge in [-0.3, -0.25) is 0 Å². The molecule has 0 bridgehead atoms. The lowest BCUT2D eigenvalue weighted by molar-refractivity contribution is -0.171. The highest BCUT2D eigenvalue weighted by Crippen LogP contribution is 2.52. The molecule has 3 heteroatoms. The molecule has 0 radical (unpaired) electrons. The van der Waals surface area contributed by atoms with E-state index in [-0.39, 0.29) is 23.4 Å². The molecule has 0 unspecified atom stereocenters. The summed E-state index contributed by atoms with van der Waals surface area (Å²) >= 11 is 0. The summed E-state index contributed by atoms with van der Waals surface area (Å²) in [5, 5.41) is 0. The number of rotatable bonds is 1. The summed E-state index contributed by atoms with van der Waals surface area (Å²) in [4.78, 5) is 15.8. The van der Waals surface area contributed by atoms with Crippen LogP contribution in [0.15, 0.2) is 11.8 Å². The lowest BCUT2D eigenvalue weighted by atomic mass is 9.59. The molecule has 0 amide bonds. The fourth-order valence-electron chi connectivity index (χ4n) is 3.41. The summed E-state index contributed by atoms with van der Waals surface area (Å²) in [5.41, 5.74) is -0.431. The monoisotopic (exact) mass is 247 g/mol. The second-order valence-electron chi connectivity index (χ2n) is 6.14. The van der Waals surface area contributed by atoms with Crippen LogP contribution in [0, 0.1) is 17.4 Å². The molecule has 1 saturated heterocycles. The number of allylic oxidation sites excluding steroid dienone is 1. The van der Waals surface area contributed by atoms with Crippen LogP contribution in [0.1, 0.15) is 47.0 Å². The molecule has 1 heterocycles. The van der Waals surface area contributed by atoms with E-state index < -0.39 is 5.41 Å². The average molecular weight is 247 g/mol. The lowest BCUT2D eigenvalue weighted by Gasteiger charge is -2.53.